The largest absolute Gasteiger partial charge is 0.496 e. The highest BCUT2D eigenvalue weighted by atomic mass is 35.5. The van der Waals surface area contributed by atoms with E-state index in [-0.39, 0.29) is 17.9 Å². The highest BCUT2D eigenvalue weighted by Gasteiger charge is 2.33. The Bertz CT molecular complexity index is 690. The average molecular weight is 350 g/mol. The summed E-state index contributed by atoms with van der Waals surface area (Å²) in [6.45, 7) is 1.01. The number of nitrogens with zero attached hydrogens (tertiary/aromatic N) is 1. The van der Waals surface area contributed by atoms with Crippen LogP contribution < -0.4 is 10.1 Å². The van der Waals surface area contributed by atoms with Crippen molar-refractivity contribution in [3.63, 3.8) is 0 Å². The molecule has 6 nitrogen and oxygen atoms in total. The molecule has 1 aliphatic heterocycles. The van der Waals surface area contributed by atoms with Crippen molar-refractivity contribution in [1.29, 1.82) is 0 Å². The second-order valence-corrected chi connectivity index (χ2v) is 6.18. The SMILES string of the molecule is COc1ccc(Cl)cc1CNC(=O)[C@@H]1CCCO[C@H]1c1cn[nH]c1. The predicted octanol–water partition coefficient (Wildman–Crippen LogP) is 2.86. The van der Waals surface area contributed by atoms with Crippen molar-refractivity contribution in [2.75, 3.05) is 13.7 Å². The molecule has 0 bridgehead atoms. The molecule has 1 amide bonds. The maximum Gasteiger partial charge on any atom is 0.226 e. The summed E-state index contributed by atoms with van der Waals surface area (Å²) in [4.78, 5) is 12.7. The molecule has 0 saturated carbocycles. The third kappa shape index (κ3) is 3.71. The minimum atomic E-state index is -0.265. The number of carbonyl (C=O) groups excluding carboxylic acids is 1. The zero-order valence-electron chi connectivity index (χ0n) is 13.4. The van der Waals surface area contributed by atoms with E-state index in [1.54, 1.807) is 37.7 Å². The number of amides is 1. The number of hydrogen-bond donors (Lipinski definition) is 2. The van der Waals surface area contributed by atoms with Crippen molar-refractivity contribution < 1.29 is 14.3 Å². The Morgan fingerprint density at radius 2 is 2.42 bits per heavy atom. The first-order chi connectivity index (χ1) is 11.7. The average Bonchev–Trinajstić information content (AvgIpc) is 3.14. The first kappa shape index (κ1) is 16.8. The summed E-state index contributed by atoms with van der Waals surface area (Å²) in [6.07, 6.45) is 4.87. The third-order valence-corrected chi connectivity index (χ3v) is 4.44. The van der Waals surface area contributed by atoms with Gasteiger partial charge in [0.15, 0.2) is 0 Å². The van der Waals surface area contributed by atoms with E-state index in [1.165, 1.54) is 0 Å². The number of aromatic nitrogens is 2. The molecule has 2 heterocycles. The summed E-state index contributed by atoms with van der Waals surface area (Å²) in [5.41, 5.74) is 1.74. The van der Waals surface area contributed by atoms with Gasteiger partial charge >= 0.3 is 0 Å². The Morgan fingerprint density at radius 3 is 3.17 bits per heavy atom. The van der Waals surface area contributed by atoms with Crippen LogP contribution in [0.2, 0.25) is 5.02 Å². The number of carbonyl (C=O) groups is 1. The molecule has 2 N–H and O–H groups in total. The summed E-state index contributed by atoms with van der Waals surface area (Å²) >= 11 is 6.03. The first-order valence-electron chi connectivity index (χ1n) is 7.89. The maximum atomic E-state index is 12.7. The quantitative estimate of drug-likeness (QED) is 0.870. The Balaban J connectivity index is 1.68. The smallest absolute Gasteiger partial charge is 0.226 e. The number of hydrogen-bond acceptors (Lipinski definition) is 4. The lowest BCUT2D eigenvalue weighted by Gasteiger charge is -2.30. The van der Waals surface area contributed by atoms with Crippen molar-refractivity contribution in [1.82, 2.24) is 15.5 Å². The van der Waals surface area contributed by atoms with E-state index in [1.807, 2.05) is 0 Å². The van der Waals surface area contributed by atoms with Crippen LogP contribution in [0.4, 0.5) is 0 Å². The molecular formula is C17H20ClN3O3. The summed E-state index contributed by atoms with van der Waals surface area (Å²) in [7, 11) is 1.60. The molecule has 128 valence electrons. The van der Waals surface area contributed by atoms with Gasteiger partial charge in [-0.15, -0.1) is 0 Å². The maximum absolute atomic E-state index is 12.7. The molecule has 0 unspecified atom stereocenters. The lowest BCUT2D eigenvalue weighted by molar-refractivity contribution is -0.134. The minimum absolute atomic E-state index is 0.0390. The van der Waals surface area contributed by atoms with Gasteiger partial charge in [-0.2, -0.15) is 5.10 Å². The first-order valence-corrected chi connectivity index (χ1v) is 8.27. The Morgan fingerprint density at radius 1 is 1.54 bits per heavy atom. The van der Waals surface area contributed by atoms with Gasteiger partial charge in [0.25, 0.3) is 0 Å². The highest BCUT2D eigenvalue weighted by Crippen LogP contribution is 2.33. The van der Waals surface area contributed by atoms with Gasteiger partial charge in [-0.3, -0.25) is 9.89 Å². The van der Waals surface area contributed by atoms with Gasteiger partial charge in [0.05, 0.1) is 25.3 Å². The molecule has 1 aromatic heterocycles. The van der Waals surface area contributed by atoms with Crippen LogP contribution in [0.15, 0.2) is 30.6 Å². The molecule has 7 heteroatoms. The van der Waals surface area contributed by atoms with Crippen LogP contribution in [-0.2, 0) is 16.1 Å². The summed E-state index contributed by atoms with van der Waals surface area (Å²) in [5.74, 6) is 0.426. The standard InChI is InChI=1S/C17H20ClN3O3/c1-23-15-5-4-13(18)7-11(15)8-19-17(22)14-3-2-6-24-16(14)12-9-20-21-10-12/h4-5,7,9-10,14,16H,2-3,6,8H2,1H3,(H,19,22)(H,20,21)/t14-,16+/m1/s1. The molecule has 1 aliphatic rings. The Hall–Kier alpha value is -2.05. The van der Waals surface area contributed by atoms with E-state index in [0.29, 0.717) is 23.9 Å². The van der Waals surface area contributed by atoms with E-state index in [4.69, 9.17) is 21.1 Å². The van der Waals surface area contributed by atoms with Crippen molar-refractivity contribution in [3.8, 4) is 5.75 Å². The monoisotopic (exact) mass is 349 g/mol. The zero-order valence-corrected chi connectivity index (χ0v) is 14.2. The molecule has 2 aromatic rings. The van der Waals surface area contributed by atoms with E-state index in [2.05, 4.69) is 15.5 Å². The minimum Gasteiger partial charge on any atom is -0.496 e. The van der Waals surface area contributed by atoms with Gasteiger partial charge in [-0.25, -0.2) is 0 Å². The van der Waals surface area contributed by atoms with E-state index >= 15 is 0 Å². The molecular weight excluding hydrogens is 330 g/mol. The zero-order chi connectivity index (χ0) is 16.9. The van der Waals surface area contributed by atoms with Crippen LogP contribution >= 0.6 is 11.6 Å². The van der Waals surface area contributed by atoms with Crippen LogP contribution in [0.1, 0.15) is 30.1 Å². The van der Waals surface area contributed by atoms with Gasteiger partial charge in [0.2, 0.25) is 5.91 Å². The van der Waals surface area contributed by atoms with Crippen LogP contribution in [0.3, 0.4) is 0 Å². The van der Waals surface area contributed by atoms with Crippen molar-refractivity contribution in [3.05, 3.63) is 46.7 Å². The molecule has 1 fully saturated rings. The third-order valence-electron chi connectivity index (χ3n) is 4.20. The molecule has 0 spiro atoms. The van der Waals surface area contributed by atoms with Crippen LogP contribution in [-0.4, -0.2) is 29.8 Å². The van der Waals surface area contributed by atoms with Crippen LogP contribution in [0.5, 0.6) is 5.75 Å². The fourth-order valence-corrected chi connectivity index (χ4v) is 3.19. The lowest BCUT2D eigenvalue weighted by atomic mass is 9.90. The number of nitrogens with one attached hydrogen (secondary N) is 2. The predicted molar refractivity (Wildman–Crippen MR) is 89.9 cm³/mol. The molecule has 1 saturated heterocycles. The lowest BCUT2D eigenvalue weighted by Crippen LogP contribution is -2.37. The van der Waals surface area contributed by atoms with Crippen molar-refractivity contribution in [2.45, 2.75) is 25.5 Å². The molecule has 3 rings (SSSR count). The summed E-state index contributed by atoms with van der Waals surface area (Å²) in [5, 5.41) is 10.3. The van der Waals surface area contributed by atoms with Gasteiger partial charge in [-0.1, -0.05) is 11.6 Å². The second kappa shape index (κ2) is 7.68. The van der Waals surface area contributed by atoms with Crippen molar-refractivity contribution in [2.24, 2.45) is 5.92 Å². The number of H-pyrrole nitrogens is 1. The molecule has 0 aliphatic carbocycles. The molecule has 24 heavy (non-hydrogen) atoms. The second-order valence-electron chi connectivity index (χ2n) is 5.75. The van der Waals surface area contributed by atoms with Crippen molar-refractivity contribution >= 4 is 17.5 Å². The van der Waals surface area contributed by atoms with Crippen LogP contribution in [0.25, 0.3) is 0 Å². The fraction of sp³-hybridized carbons (Fsp3) is 0.412. The van der Waals surface area contributed by atoms with Gasteiger partial charge in [0.1, 0.15) is 5.75 Å². The topological polar surface area (TPSA) is 76.2 Å². The molecule has 0 radical (unpaired) electrons. The number of halogens is 1. The number of ether oxygens (including phenoxy) is 2. The van der Waals surface area contributed by atoms with Gasteiger partial charge in [0, 0.05) is 35.5 Å². The molecule has 2 atom stereocenters. The Labute approximate surface area is 145 Å². The number of methoxy groups -OCH3 is 1. The van der Waals surface area contributed by atoms with E-state index in [9.17, 15) is 4.79 Å². The summed E-state index contributed by atoms with van der Waals surface area (Å²) < 4.78 is 11.1. The van der Waals surface area contributed by atoms with Crippen LogP contribution in [0, 0.1) is 5.92 Å². The number of rotatable bonds is 5. The number of aromatic amines is 1. The van der Waals surface area contributed by atoms with E-state index in [0.717, 1.165) is 24.0 Å². The highest BCUT2D eigenvalue weighted by molar-refractivity contribution is 6.30. The molecule has 1 aromatic carbocycles. The summed E-state index contributed by atoms with van der Waals surface area (Å²) in [6, 6.07) is 5.35. The Kier molecular flexibility index (Phi) is 5.37. The fourth-order valence-electron chi connectivity index (χ4n) is 2.99. The van der Waals surface area contributed by atoms with Gasteiger partial charge < -0.3 is 14.8 Å². The van der Waals surface area contributed by atoms with Gasteiger partial charge in [-0.05, 0) is 31.0 Å². The number of benzene rings is 1. The van der Waals surface area contributed by atoms with E-state index < -0.39 is 0 Å². The normalized spacial score (nSPS) is 20.6.